The van der Waals surface area contributed by atoms with Gasteiger partial charge in [-0.1, -0.05) is 13.8 Å². The number of nitrogens with one attached hydrogen (secondary N) is 1. The first kappa shape index (κ1) is 20.1. The van der Waals surface area contributed by atoms with E-state index >= 15 is 0 Å². The summed E-state index contributed by atoms with van der Waals surface area (Å²) in [6, 6.07) is 11.2. The van der Waals surface area contributed by atoms with Crippen LogP contribution in [0.1, 0.15) is 37.0 Å². The fraction of sp³-hybridized carbons (Fsp3) is 0.316. The molecule has 7 heteroatoms. The van der Waals surface area contributed by atoms with Gasteiger partial charge in [0.25, 0.3) is 5.91 Å². The third-order valence-electron chi connectivity index (χ3n) is 3.80. The zero-order valence-corrected chi connectivity index (χ0v) is 15.7. The Hall–Kier alpha value is -2.25. The van der Waals surface area contributed by atoms with Gasteiger partial charge in [-0.2, -0.15) is 4.31 Å². The van der Waals surface area contributed by atoms with Crippen LogP contribution in [-0.2, 0) is 10.0 Å². The van der Waals surface area contributed by atoms with E-state index in [4.69, 9.17) is 0 Å². The van der Waals surface area contributed by atoms with Crippen molar-refractivity contribution in [3.05, 3.63) is 59.9 Å². The van der Waals surface area contributed by atoms with Gasteiger partial charge >= 0.3 is 0 Å². The van der Waals surface area contributed by atoms with Gasteiger partial charge in [-0.25, -0.2) is 12.8 Å². The fourth-order valence-corrected chi connectivity index (χ4v) is 4.14. The Bertz CT molecular complexity index is 828. The first-order valence-corrected chi connectivity index (χ1v) is 9.99. The standard InChI is InChI=1S/C19H23FN2O3S/c1-3-13-22(14-4-2)26(24,25)18-11-9-17(10-12-18)21-19(23)15-5-7-16(20)8-6-15/h5-12H,3-4,13-14H2,1-2H3,(H,21,23). The third kappa shape index (κ3) is 4.89. The van der Waals surface area contributed by atoms with Crippen molar-refractivity contribution in [2.45, 2.75) is 31.6 Å². The van der Waals surface area contributed by atoms with Crippen LogP contribution in [0.4, 0.5) is 10.1 Å². The maximum absolute atomic E-state index is 12.9. The molecule has 0 bridgehead atoms. The van der Waals surface area contributed by atoms with Crippen LogP contribution in [-0.4, -0.2) is 31.7 Å². The largest absolute Gasteiger partial charge is 0.322 e. The van der Waals surface area contributed by atoms with Crippen molar-refractivity contribution in [2.24, 2.45) is 0 Å². The van der Waals surface area contributed by atoms with Crippen molar-refractivity contribution in [3.8, 4) is 0 Å². The molecule has 0 unspecified atom stereocenters. The minimum absolute atomic E-state index is 0.194. The van der Waals surface area contributed by atoms with Gasteiger partial charge in [-0.05, 0) is 61.4 Å². The van der Waals surface area contributed by atoms with E-state index in [2.05, 4.69) is 5.32 Å². The van der Waals surface area contributed by atoms with Gasteiger partial charge in [0.2, 0.25) is 10.0 Å². The summed E-state index contributed by atoms with van der Waals surface area (Å²) in [6.07, 6.45) is 1.48. The number of benzene rings is 2. The molecule has 0 heterocycles. The second kappa shape index (κ2) is 8.91. The number of sulfonamides is 1. The van der Waals surface area contributed by atoms with Crippen LogP contribution in [0.25, 0.3) is 0 Å². The molecule has 0 saturated heterocycles. The first-order chi connectivity index (χ1) is 12.4. The minimum atomic E-state index is -3.55. The summed E-state index contributed by atoms with van der Waals surface area (Å²) in [5, 5.41) is 2.67. The molecule has 0 aromatic heterocycles. The smallest absolute Gasteiger partial charge is 0.255 e. The zero-order valence-electron chi connectivity index (χ0n) is 14.9. The van der Waals surface area contributed by atoms with Gasteiger partial charge in [-0.3, -0.25) is 4.79 Å². The molecular formula is C19H23FN2O3S. The van der Waals surface area contributed by atoms with Crippen LogP contribution in [0.3, 0.4) is 0 Å². The zero-order chi connectivity index (χ0) is 19.2. The average molecular weight is 378 g/mol. The third-order valence-corrected chi connectivity index (χ3v) is 5.72. The van der Waals surface area contributed by atoms with Crippen molar-refractivity contribution in [2.75, 3.05) is 18.4 Å². The Kier molecular flexibility index (Phi) is 6.88. The topological polar surface area (TPSA) is 66.5 Å². The SMILES string of the molecule is CCCN(CCC)S(=O)(=O)c1ccc(NC(=O)c2ccc(F)cc2)cc1. The summed E-state index contributed by atoms with van der Waals surface area (Å²) >= 11 is 0. The van der Waals surface area contributed by atoms with Gasteiger partial charge in [0.05, 0.1) is 4.90 Å². The molecule has 2 aromatic rings. The van der Waals surface area contributed by atoms with Crippen LogP contribution in [0, 0.1) is 5.82 Å². The molecule has 2 aromatic carbocycles. The van der Waals surface area contributed by atoms with E-state index in [0.717, 1.165) is 12.8 Å². The Morgan fingerprint density at radius 1 is 0.962 bits per heavy atom. The summed E-state index contributed by atoms with van der Waals surface area (Å²) in [5.41, 5.74) is 0.788. The van der Waals surface area contributed by atoms with Gasteiger partial charge < -0.3 is 5.32 Å². The molecule has 140 valence electrons. The summed E-state index contributed by atoms with van der Waals surface area (Å²) in [5.74, 6) is -0.806. The van der Waals surface area contributed by atoms with Crippen molar-refractivity contribution in [1.29, 1.82) is 0 Å². The summed E-state index contributed by atoms with van der Waals surface area (Å²) in [4.78, 5) is 12.3. The number of carbonyl (C=O) groups is 1. The molecule has 0 atom stereocenters. The Morgan fingerprint density at radius 3 is 2.00 bits per heavy atom. The Morgan fingerprint density at radius 2 is 1.50 bits per heavy atom. The van der Waals surface area contributed by atoms with Crippen LogP contribution in [0.15, 0.2) is 53.4 Å². The lowest BCUT2D eigenvalue weighted by molar-refractivity contribution is 0.102. The number of amides is 1. The highest BCUT2D eigenvalue weighted by atomic mass is 32.2. The molecular weight excluding hydrogens is 355 g/mol. The van der Waals surface area contributed by atoms with Crippen LogP contribution >= 0.6 is 0 Å². The number of rotatable bonds is 8. The van der Waals surface area contributed by atoms with E-state index in [0.29, 0.717) is 24.3 Å². The quantitative estimate of drug-likeness (QED) is 0.758. The molecule has 1 amide bonds. The van der Waals surface area contributed by atoms with Crippen molar-refractivity contribution in [1.82, 2.24) is 4.31 Å². The highest BCUT2D eigenvalue weighted by Gasteiger charge is 2.22. The molecule has 0 aliphatic carbocycles. The number of anilines is 1. The van der Waals surface area contributed by atoms with E-state index in [1.165, 1.54) is 40.7 Å². The number of hydrogen-bond acceptors (Lipinski definition) is 3. The fourth-order valence-electron chi connectivity index (χ4n) is 2.51. The highest BCUT2D eigenvalue weighted by molar-refractivity contribution is 7.89. The molecule has 26 heavy (non-hydrogen) atoms. The molecule has 2 rings (SSSR count). The van der Waals surface area contributed by atoms with E-state index in [1.807, 2.05) is 13.8 Å². The maximum Gasteiger partial charge on any atom is 0.255 e. The van der Waals surface area contributed by atoms with Gasteiger partial charge in [0.1, 0.15) is 5.82 Å². The van der Waals surface area contributed by atoms with Crippen molar-refractivity contribution < 1.29 is 17.6 Å². The predicted octanol–water partition coefficient (Wildman–Crippen LogP) is 3.89. The highest BCUT2D eigenvalue weighted by Crippen LogP contribution is 2.19. The molecule has 1 N–H and O–H groups in total. The van der Waals surface area contributed by atoms with E-state index < -0.39 is 15.8 Å². The van der Waals surface area contributed by atoms with Crippen molar-refractivity contribution >= 4 is 21.6 Å². The predicted molar refractivity (Wildman–Crippen MR) is 100 cm³/mol. The molecule has 5 nitrogen and oxygen atoms in total. The number of nitrogens with zero attached hydrogens (tertiary/aromatic N) is 1. The molecule has 0 fully saturated rings. The monoisotopic (exact) mass is 378 g/mol. The minimum Gasteiger partial charge on any atom is -0.322 e. The lowest BCUT2D eigenvalue weighted by Crippen LogP contribution is -2.32. The first-order valence-electron chi connectivity index (χ1n) is 8.55. The number of halogens is 1. The summed E-state index contributed by atoms with van der Waals surface area (Å²) < 4.78 is 39.8. The second-order valence-corrected chi connectivity index (χ2v) is 7.83. The van der Waals surface area contributed by atoms with Crippen molar-refractivity contribution in [3.63, 3.8) is 0 Å². The Labute approximate surface area is 153 Å². The van der Waals surface area contributed by atoms with Crippen LogP contribution in [0.2, 0.25) is 0 Å². The van der Waals surface area contributed by atoms with Gasteiger partial charge in [-0.15, -0.1) is 0 Å². The molecule has 0 saturated carbocycles. The van der Waals surface area contributed by atoms with E-state index in [1.54, 1.807) is 12.1 Å². The lowest BCUT2D eigenvalue weighted by atomic mass is 10.2. The summed E-state index contributed by atoms with van der Waals surface area (Å²) in [6.45, 7) is 4.82. The number of carbonyl (C=O) groups excluding carboxylic acids is 1. The van der Waals surface area contributed by atoms with E-state index in [-0.39, 0.29) is 10.8 Å². The van der Waals surface area contributed by atoms with Gasteiger partial charge in [0.15, 0.2) is 0 Å². The van der Waals surface area contributed by atoms with Crippen LogP contribution < -0.4 is 5.32 Å². The van der Waals surface area contributed by atoms with E-state index in [9.17, 15) is 17.6 Å². The summed E-state index contributed by atoms with van der Waals surface area (Å²) in [7, 11) is -3.55. The lowest BCUT2D eigenvalue weighted by Gasteiger charge is -2.21. The van der Waals surface area contributed by atoms with Crippen LogP contribution in [0.5, 0.6) is 0 Å². The second-order valence-electron chi connectivity index (χ2n) is 5.89. The molecule has 0 aliphatic heterocycles. The maximum atomic E-state index is 12.9. The molecule has 0 aliphatic rings. The average Bonchev–Trinajstić information content (AvgIpc) is 2.62. The molecule has 0 radical (unpaired) electrons. The van der Waals surface area contributed by atoms with Gasteiger partial charge in [0, 0.05) is 24.3 Å². The molecule has 0 spiro atoms. The number of hydrogen-bond donors (Lipinski definition) is 1. The Balaban J connectivity index is 2.14. The normalized spacial score (nSPS) is 11.5.